The number of pyridine rings is 2. The third kappa shape index (κ3) is 6.64. The summed E-state index contributed by atoms with van der Waals surface area (Å²) in [5.74, 6) is -0.554. The molecule has 2 aliphatic heterocycles. The highest BCUT2D eigenvalue weighted by molar-refractivity contribution is 5.85. The molecular formula is C28H37N5O4. The number of likely N-dealkylation sites (tertiary alicyclic amines) is 1. The number of fused-ring (bicyclic) bond motifs is 1. The second kappa shape index (κ2) is 12.0. The highest BCUT2D eigenvalue weighted by Crippen LogP contribution is 2.23. The molecule has 0 aromatic carbocycles. The van der Waals surface area contributed by atoms with Crippen LogP contribution in [0.15, 0.2) is 36.5 Å². The van der Waals surface area contributed by atoms with E-state index in [0.717, 1.165) is 50.4 Å². The van der Waals surface area contributed by atoms with Gasteiger partial charge in [-0.15, -0.1) is 0 Å². The number of anilines is 1. The number of aryl methyl sites for hydroxylation is 2. The molecule has 2 atom stereocenters. The van der Waals surface area contributed by atoms with Crippen molar-refractivity contribution >= 4 is 17.7 Å². The van der Waals surface area contributed by atoms with Gasteiger partial charge in [0.05, 0.1) is 18.6 Å². The van der Waals surface area contributed by atoms with Crippen molar-refractivity contribution in [2.24, 2.45) is 5.92 Å². The molecule has 2 aromatic heterocycles. The van der Waals surface area contributed by atoms with E-state index in [2.05, 4.69) is 32.2 Å². The van der Waals surface area contributed by atoms with Crippen LogP contribution < -0.4 is 10.2 Å². The Hall–Kier alpha value is -3.04. The van der Waals surface area contributed by atoms with E-state index in [9.17, 15) is 14.7 Å². The zero-order valence-corrected chi connectivity index (χ0v) is 21.3. The number of hydrogen-bond acceptors (Lipinski definition) is 7. The van der Waals surface area contributed by atoms with E-state index in [0.29, 0.717) is 32.5 Å². The van der Waals surface area contributed by atoms with Crippen molar-refractivity contribution in [1.82, 2.24) is 20.2 Å². The fourth-order valence-electron chi connectivity index (χ4n) is 5.49. The third-order valence-electron chi connectivity index (χ3n) is 7.75. The minimum atomic E-state index is -0.987. The van der Waals surface area contributed by atoms with Gasteiger partial charge in [-0.05, 0) is 62.3 Å². The normalized spacial score (nSPS) is 20.8. The Morgan fingerprint density at radius 1 is 1.14 bits per heavy atom. The summed E-state index contributed by atoms with van der Waals surface area (Å²) in [5.41, 5.74) is 3.76. The number of carbonyl (C=O) groups excluding carboxylic acids is 1. The van der Waals surface area contributed by atoms with E-state index in [1.165, 1.54) is 24.1 Å². The maximum Gasteiger partial charge on any atom is 0.326 e. The van der Waals surface area contributed by atoms with Gasteiger partial charge in [0.15, 0.2) is 0 Å². The summed E-state index contributed by atoms with van der Waals surface area (Å²) in [4.78, 5) is 38.0. The lowest BCUT2D eigenvalue weighted by atomic mass is 9.96. The SMILES string of the molecule is O=C(N[C@@H](CCN1CC(OCCc2ccc3c(n2)CCCC3)C1)C(=O)O)[C@@H]1CCN(c2ccccn2)C1. The van der Waals surface area contributed by atoms with Crippen LogP contribution in [-0.2, 0) is 33.6 Å². The molecule has 9 nitrogen and oxygen atoms in total. The molecule has 0 saturated carbocycles. The van der Waals surface area contributed by atoms with Crippen LogP contribution in [-0.4, -0.2) is 83.3 Å². The van der Waals surface area contributed by atoms with Crippen molar-refractivity contribution in [2.45, 2.75) is 57.1 Å². The molecule has 9 heteroatoms. The molecule has 2 aromatic rings. The Morgan fingerprint density at radius 3 is 2.81 bits per heavy atom. The summed E-state index contributed by atoms with van der Waals surface area (Å²) in [6, 6.07) is 9.18. The lowest BCUT2D eigenvalue weighted by Crippen LogP contribution is -2.54. The Balaban J connectivity index is 0.989. The molecule has 198 valence electrons. The van der Waals surface area contributed by atoms with E-state index >= 15 is 0 Å². The van der Waals surface area contributed by atoms with Crippen molar-refractivity contribution in [3.05, 3.63) is 53.5 Å². The number of nitrogens with one attached hydrogen (secondary N) is 1. The van der Waals surface area contributed by atoms with Crippen molar-refractivity contribution in [3.63, 3.8) is 0 Å². The topological polar surface area (TPSA) is 108 Å². The number of amides is 1. The number of aromatic nitrogens is 2. The van der Waals surface area contributed by atoms with Crippen LogP contribution in [0.25, 0.3) is 0 Å². The highest BCUT2D eigenvalue weighted by Gasteiger charge is 2.33. The molecule has 0 spiro atoms. The first kappa shape index (κ1) is 25.6. The third-order valence-corrected chi connectivity index (χ3v) is 7.75. The van der Waals surface area contributed by atoms with Gasteiger partial charge in [-0.25, -0.2) is 9.78 Å². The smallest absolute Gasteiger partial charge is 0.326 e. The van der Waals surface area contributed by atoms with Gasteiger partial charge in [-0.2, -0.15) is 0 Å². The summed E-state index contributed by atoms with van der Waals surface area (Å²) < 4.78 is 6.01. The first-order chi connectivity index (χ1) is 18.0. The van der Waals surface area contributed by atoms with Gasteiger partial charge in [-0.1, -0.05) is 12.1 Å². The van der Waals surface area contributed by atoms with Gasteiger partial charge in [0.1, 0.15) is 11.9 Å². The molecule has 1 aliphatic carbocycles. The average molecular weight is 508 g/mol. The zero-order valence-electron chi connectivity index (χ0n) is 21.3. The largest absolute Gasteiger partial charge is 0.480 e. The molecule has 0 unspecified atom stereocenters. The molecule has 37 heavy (non-hydrogen) atoms. The van der Waals surface area contributed by atoms with Crippen molar-refractivity contribution in [1.29, 1.82) is 0 Å². The van der Waals surface area contributed by atoms with Crippen molar-refractivity contribution in [2.75, 3.05) is 44.2 Å². The van der Waals surface area contributed by atoms with Gasteiger partial charge in [0, 0.05) is 56.7 Å². The molecule has 0 radical (unpaired) electrons. The lowest BCUT2D eigenvalue weighted by molar-refractivity contribution is -0.143. The first-order valence-corrected chi connectivity index (χ1v) is 13.6. The minimum absolute atomic E-state index is 0.173. The van der Waals surface area contributed by atoms with Crippen molar-refractivity contribution in [3.8, 4) is 0 Å². The molecular weight excluding hydrogens is 470 g/mol. The van der Waals surface area contributed by atoms with E-state index < -0.39 is 12.0 Å². The number of nitrogens with zero attached hydrogens (tertiary/aromatic N) is 4. The summed E-state index contributed by atoms with van der Waals surface area (Å²) in [7, 11) is 0. The predicted octanol–water partition coefficient (Wildman–Crippen LogP) is 2.08. The number of carbonyl (C=O) groups is 2. The van der Waals surface area contributed by atoms with Crippen LogP contribution in [0.5, 0.6) is 0 Å². The predicted molar refractivity (Wildman–Crippen MR) is 140 cm³/mol. The van der Waals surface area contributed by atoms with Crippen LogP contribution >= 0.6 is 0 Å². The number of aliphatic carboxylic acids is 1. The number of carboxylic acid groups (broad SMARTS) is 1. The molecule has 5 rings (SSSR count). The quantitative estimate of drug-likeness (QED) is 0.476. The van der Waals surface area contributed by atoms with E-state index in [1.54, 1.807) is 6.20 Å². The van der Waals surface area contributed by atoms with Gasteiger partial charge < -0.3 is 20.1 Å². The molecule has 2 N–H and O–H groups in total. The molecule has 2 fully saturated rings. The molecule has 1 amide bonds. The fourth-order valence-corrected chi connectivity index (χ4v) is 5.49. The number of hydrogen-bond donors (Lipinski definition) is 2. The molecule has 4 heterocycles. The van der Waals surface area contributed by atoms with E-state index in [1.807, 2.05) is 18.2 Å². The monoisotopic (exact) mass is 507 g/mol. The van der Waals surface area contributed by atoms with Gasteiger partial charge in [-0.3, -0.25) is 14.7 Å². The molecule has 0 bridgehead atoms. The Labute approximate surface area is 218 Å². The maximum atomic E-state index is 12.8. The summed E-state index contributed by atoms with van der Waals surface area (Å²) in [6.07, 6.45) is 8.53. The van der Waals surface area contributed by atoms with Crippen LogP contribution in [0.3, 0.4) is 0 Å². The zero-order chi connectivity index (χ0) is 25.6. The van der Waals surface area contributed by atoms with Crippen molar-refractivity contribution < 1.29 is 19.4 Å². The van der Waals surface area contributed by atoms with Gasteiger partial charge in [0.25, 0.3) is 0 Å². The minimum Gasteiger partial charge on any atom is -0.480 e. The van der Waals surface area contributed by atoms with E-state index in [-0.39, 0.29) is 17.9 Å². The Bertz CT molecular complexity index is 1080. The first-order valence-electron chi connectivity index (χ1n) is 13.6. The second-order valence-corrected chi connectivity index (χ2v) is 10.4. The lowest BCUT2D eigenvalue weighted by Gasteiger charge is -2.39. The molecule has 3 aliphatic rings. The summed E-state index contributed by atoms with van der Waals surface area (Å²) in [5, 5.41) is 12.4. The van der Waals surface area contributed by atoms with Crippen LogP contribution in [0.4, 0.5) is 5.82 Å². The summed E-state index contributed by atoms with van der Waals surface area (Å²) in [6.45, 7) is 4.15. The maximum absolute atomic E-state index is 12.8. The fraction of sp³-hybridized carbons (Fsp3) is 0.571. The standard InChI is InChI=1S/C28H37N5O4/c34-27(21-10-15-33(17-21)26-7-3-4-13-29-26)31-25(28(35)36)11-14-32-18-23(19-32)37-16-12-22-9-8-20-5-1-2-6-24(20)30-22/h3-4,7-9,13,21,23,25H,1-2,5-6,10-12,14-19H2,(H,31,34)(H,35,36)/t21-,25+/m1/s1. The van der Waals surface area contributed by atoms with Crippen LogP contribution in [0.1, 0.15) is 42.6 Å². The highest BCUT2D eigenvalue weighted by atomic mass is 16.5. The Kier molecular flexibility index (Phi) is 8.31. The number of rotatable bonds is 11. The average Bonchev–Trinajstić information content (AvgIpc) is 3.39. The van der Waals surface area contributed by atoms with Gasteiger partial charge in [0.2, 0.25) is 5.91 Å². The van der Waals surface area contributed by atoms with Crippen LogP contribution in [0.2, 0.25) is 0 Å². The second-order valence-electron chi connectivity index (χ2n) is 10.4. The molecule has 2 saturated heterocycles. The summed E-state index contributed by atoms with van der Waals surface area (Å²) >= 11 is 0. The van der Waals surface area contributed by atoms with Crippen LogP contribution in [0, 0.1) is 5.92 Å². The number of carboxylic acids is 1. The van der Waals surface area contributed by atoms with Gasteiger partial charge >= 0.3 is 5.97 Å². The number of ether oxygens (including phenoxy) is 1. The Morgan fingerprint density at radius 2 is 2.00 bits per heavy atom. The van der Waals surface area contributed by atoms with E-state index in [4.69, 9.17) is 9.72 Å².